The van der Waals surface area contributed by atoms with Crippen LogP contribution in [-0.4, -0.2) is 11.9 Å². The summed E-state index contributed by atoms with van der Waals surface area (Å²) in [7, 11) is 0. The Morgan fingerprint density at radius 2 is 1.69 bits per heavy atom. The zero-order chi connectivity index (χ0) is 23.1. The molecule has 0 aromatic heterocycles. The van der Waals surface area contributed by atoms with Crippen molar-refractivity contribution in [2.45, 2.75) is 118 Å². The van der Waals surface area contributed by atoms with E-state index in [1.165, 1.54) is 36.0 Å². The van der Waals surface area contributed by atoms with Gasteiger partial charge in [0.15, 0.2) is 11.5 Å². The van der Waals surface area contributed by atoms with E-state index in [2.05, 4.69) is 66.7 Å². The Morgan fingerprint density at radius 1 is 0.969 bits per heavy atom. The average molecular weight is 439 g/mol. The summed E-state index contributed by atoms with van der Waals surface area (Å²) in [4.78, 5) is 0. The van der Waals surface area contributed by atoms with Crippen molar-refractivity contribution in [1.29, 1.82) is 0 Å². The predicted molar refractivity (Wildman–Crippen MR) is 131 cm³/mol. The Morgan fingerprint density at radius 3 is 2.31 bits per heavy atom. The van der Waals surface area contributed by atoms with E-state index in [1.807, 2.05) is 0 Å². The molecule has 1 aromatic rings. The van der Waals surface area contributed by atoms with Gasteiger partial charge in [0.05, 0.1) is 11.9 Å². The number of benzene rings is 1. The lowest BCUT2D eigenvalue weighted by Crippen LogP contribution is -2.40. The Balaban J connectivity index is 1.58. The van der Waals surface area contributed by atoms with E-state index in [4.69, 9.17) is 14.2 Å². The van der Waals surface area contributed by atoms with Crippen LogP contribution in [0.4, 0.5) is 0 Å². The molecule has 3 aliphatic rings. The van der Waals surface area contributed by atoms with Crippen LogP contribution < -0.4 is 9.47 Å². The third kappa shape index (κ3) is 4.58. The zero-order valence-corrected chi connectivity index (χ0v) is 21.3. The van der Waals surface area contributed by atoms with E-state index in [0.717, 1.165) is 49.4 Å². The van der Waals surface area contributed by atoms with E-state index in [-0.39, 0.29) is 11.5 Å². The number of aryl methyl sites for hydroxylation is 1. The molecule has 32 heavy (non-hydrogen) atoms. The quantitative estimate of drug-likeness (QED) is 0.447. The first-order chi connectivity index (χ1) is 15.1. The Bertz CT molecular complexity index is 911. The van der Waals surface area contributed by atoms with Crippen LogP contribution in [-0.2, 0) is 11.2 Å². The van der Waals surface area contributed by atoms with Crippen molar-refractivity contribution in [2.24, 2.45) is 5.41 Å². The highest BCUT2D eigenvalue weighted by Crippen LogP contribution is 2.50. The number of hydrogen-bond donors (Lipinski definition) is 0. The maximum atomic E-state index is 6.61. The van der Waals surface area contributed by atoms with E-state index in [0.29, 0.717) is 5.92 Å². The summed E-state index contributed by atoms with van der Waals surface area (Å²) < 4.78 is 19.1. The third-order valence-corrected chi connectivity index (χ3v) is 7.35. The van der Waals surface area contributed by atoms with Gasteiger partial charge in [-0.25, -0.2) is 0 Å². The summed E-state index contributed by atoms with van der Waals surface area (Å²) in [6.45, 7) is 15.7. The number of ether oxygens (including phenoxy) is 3. The molecule has 1 fully saturated rings. The van der Waals surface area contributed by atoms with Gasteiger partial charge in [0, 0.05) is 24.8 Å². The normalized spacial score (nSPS) is 21.5. The number of hydrogen-bond acceptors (Lipinski definition) is 3. The lowest BCUT2D eigenvalue weighted by atomic mass is 9.72. The van der Waals surface area contributed by atoms with Crippen LogP contribution in [0.3, 0.4) is 0 Å². The molecule has 0 N–H and O–H groups in total. The van der Waals surface area contributed by atoms with Crippen molar-refractivity contribution < 1.29 is 14.2 Å². The maximum Gasteiger partial charge on any atom is 0.251 e. The number of rotatable bonds is 6. The first kappa shape index (κ1) is 23.3. The Hall–Kier alpha value is -1.90. The van der Waals surface area contributed by atoms with Crippen molar-refractivity contribution in [3.8, 4) is 11.5 Å². The van der Waals surface area contributed by atoms with Crippen molar-refractivity contribution >= 4 is 0 Å². The molecule has 0 bridgehead atoms. The topological polar surface area (TPSA) is 27.7 Å². The zero-order valence-electron chi connectivity index (χ0n) is 21.3. The average Bonchev–Trinajstić information content (AvgIpc) is 3.03. The summed E-state index contributed by atoms with van der Waals surface area (Å²) >= 11 is 0. The summed E-state index contributed by atoms with van der Waals surface area (Å²) in [5, 5.41) is 0. The molecule has 3 heteroatoms. The number of fused-ring (bicyclic) bond motifs is 1. The van der Waals surface area contributed by atoms with Crippen LogP contribution in [0.5, 0.6) is 11.5 Å². The molecule has 0 radical (unpaired) electrons. The minimum absolute atomic E-state index is 0.115. The standard InChI is InChI=1S/C29H42O3/c1-19(2)26-22(12-14-25-27(26)32-29(31-25)15-9-8-10-16-29)11-13-24-21(5)17-23(30-20(3)4)18-28(24,6)7/h12,14,17,19-20H,8-11,13,15-16,18H2,1-7H3. The van der Waals surface area contributed by atoms with Crippen LogP contribution in [0.2, 0.25) is 0 Å². The van der Waals surface area contributed by atoms with Crippen molar-refractivity contribution in [3.63, 3.8) is 0 Å². The second kappa shape index (κ2) is 8.80. The minimum Gasteiger partial charge on any atom is -0.495 e. The van der Waals surface area contributed by atoms with Crippen LogP contribution in [0.25, 0.3) is 0 Å². The lowest BCUT2D eigenvalue weighted by Gasteiger charge is -2.35. The molecule has 2 aliphatic carbocycles. The highest BCUT2D eigenvalue weighted by molar-refractivity contribution is 5.55. The molecule has 0 saturated heterocycles. The molecule has 176 valence electrons. The lowest BCUT2D eigenvalue weighted by molar-refractivity contribution is -0.105. The maximum absolute atomic E-state index is 6.61. The smallest absolute Gasteiger partial charge is 0.251 e. The van der Waals surface area contributed by atoms with Crippen molar-refractivity contribution in [3.05, 3.63) is 46.2 Å². The monoisotopic (exact) mass is 438 g/mol. The van der Waals surface area contributed by atoms with Crippen LogP contribution in [0, 0.1) is 5.41 Å². The molecule has 1 saturated carbocycles. The van der Waals surface area contributed by atoms with E-state index in [9.17, 15) is 0 Å². The fourth-order valence-corrected chi connectivity index (χ4v) is 5.99. The highest BCUT2D eigenvalue weighted by Gasteiger charge is 2.44. The highest BCUT2D eigenvalue weighted by atomic mass is 16.7. The van der Waals surface area contributed by atoms with Gasteiger partial charge in [-0.15, -0.1) is 0 Å². The van der Waals surface area contributed by atoms with Gasteiger partial charge in [0.25, 0.3) is 5.79 Å². The third-order valence-electron chi connectivity index (χ3n) is 7.35. The van der Waals surface area contributed by atoms with Gasteiger partial charge in [0.2, 0.25) is 0 Å². The second-order valence-electron chi connectivity index (χ2n) is 11.3. The first-order valence-corrected chi connectivity index (χ1v) is 12.7. The summed E-state index contributed by atoms with van der Waals surface area (Å²) in [6, 6.07) is 4.44. The van der Waals surface area contributed by atoms with Crippen molar-refractivity contribution in [1.82, 2.24) is 0 Å². The van der Waals surface area contributed by atoms with E-state index >= 15 is 0 Å². The van der Waals surface area contributed by atoms with Crippen molar-refractivity contribution in [2.75, 3.05) is 0 Å². The van der Waals surface area contributed by atoms with E-state index < -0.39 is 5.79 Å². The fraction of sp³-hybridized carbons (Fsp3) is 0.655. The van der Waals surface area contributed by atoms with Gasteiger partial charge in [-0.1, -0.05) is 45.8 Å². The SMILES string of the molecule is CC1=C(CCc2ccc3c(c2C(C)C)OC2(CCCCC2)O3)C(C)(C)CC(OC(C)C)=C1. The molecule has 1 spiro atoms. The van der Waals surface area contributed by atoms with Crippen LogP contribution >= 0.6 is 0 Å². The summed E-state index contributed by atoms with van der Waals surface area (Å²) in [5.41, 5.74) is 5.77. The molecule has 1 heterocycles. The molecule has 3 nitrogen and oxygen atoms in total. The van der Waals surface area contributed by atoms with Gasteiger partial charge >= 0.3 is 0 Å². The van der Waals surface area contributed by atoms with Gasteiger partial charge in [-0.3, -0.25) is 0 Å². The van der Waals surface area contributed by atoms with Gasteiger partial charge in [-0.2, -0.15) is 0 Å². The van der Waals surface area contributed by atoms with Crippen LogP contribution in [0.1, 0.15) is 110 Å². The molecular formula is C29H42O3. The fourth-order valence-electron chi connectivity index (χ4n) is 5.99. The molecule has 1 aromatic carbocycles. The molecular weight excluding hydrogens is 396 g/mol. The molecule has 0 amide bonds. The molecule has 4 rings (SSSR count). The number of allylic oxidation sites excluding steroid dienone is 4. The van der Waals surface area contributed by atoms with Gasteiger partial charge in [-0.05, 0) is 81.1 Å². The van der Waals surface area contributed by atoms with E-state index in [1.54, 1.807) is 5.57 Å². The predicted octanol–water partition coefficient (Wildman–Crippen LogP) is 8.23. The molecule has 0 unspecified atom stereocenters. The molecule has 0 atom stereocenters. The summed E-state index contributed by atoms with van der Waals surface area (Å²) in [6.07, 6.45) is 11.2. The first-order valence-electron chi connectivity index (χ1n) is 12.7. The Labute approximate surface area is 195 Å². The Kier molecular flexibility index (Phi) is 6.40. The van der Waals surface area contributed by atoms with Gasteiger partial charge in [0.1, 0.15) is 0 Å². The van der Waals surface area contributed by atoms with Gasteiger partial charge < -0.3 is 14.2 Å². The summed E-state index contributed by atoms with van der Waals surface area (Å²) in [5.74, 6) is 3.08. The molecule has 1 aliphatic heterocycles. The van der Waals surface area contributed by atoms with Crippen LogP contribution in [0.15, 0.2) is 35.1 Å². The second-order valence-corrected chi connectivity index (χ2v) is 11.3. The minimum atomic E-state index is -0.412. The largest absolute Gasteiger partial charge is 0.495 e.